The molecule has 0 saturated carbocycles. The lowest BCUT2D eigenvalue weighted by Gasteiger charge is -2.27. The third-order valence-electron chi connectivity index (χ3n) is 4.91. The van der Waals surface area contributed by atoms with Crippen LogP contribution in [0.3, 0.4) is 0 Å². The SMILES string of the molecule is Cc1cc(C(=O)COC(=O)C[C@@](O)(c2ccco2)C(F)(F)F)c(C)n1-c1ccccc1. The van der Waals surface area contributed by atoms with Crippen molar-refractivity contribution in [3.8, 4) is 5.69 Å². The van der Waals surface area contributed by atoms with Crippen molar-refractivity contribution >= 4 is 11.8 Å². The van der Waals surface area contributed by atoms with E-state index in [4.69, 9.17) is 4.74 Å². The Bertz CT molecular complexity index is 1070. The third-order valence-corrected chi connectivity index (χ3v) is 4.91. The number of aromatic nitrogens is 1. The Morgan fingerprint density at radius 3 is 2.35 bits per heavy atom. The first kappa shape index (κ1) is 22.4. The highest BCUT2D eigenvalue weighted by atomic mass is 19.4. The number of ether oxygens (including phenoxy) is 1. The molecule has 0 spiro atoms. The molecule has 0 aliphatic heterocycles. The maximum atomic E-state index is 13.4. The second kappa shape index (κ2) is 8.43. The van der Waals surface area contributed by atoms with Gasteiger partial charge in [-0.15, -0.1) is 0 Å². The topological polar surface area (TPSA) is 81.7 Å². The molecule has 9 heteroatoms. The van der Waals surface area contributed by atoms with Crippen molar-refractivity contribution in [2.75, 3.05) is 6.61 Å². The van der Waals surface area contributed by atoms with Crippen LogP contribution >= 0.6 is 0 Å². The van der Waals surface area contributed by atoms with Gasteiger partial charge in [0.2, 0.25) is 11.4 Å². The summed E-state index contributed by atoms with van der Waals surface area (Å²) in [5, 5.41) is 10.1. The minimum absolute atomic E-state index is 0.284. The zero-order chi connectivity index (χ0) is 22.8. The summed E-state index contributed by atoms with van der Waals surface area (Å²) < 4.78 is 51.3. The van der Waals surface area contributed by atoms with Crippen LogP contribution in [-0.4, -0.2) is 34.2 Å². The van der Waals surface area contributed by atoms with Crippen LogP contribution in [0.1, 0.15) is 33.9 Å². The smallest absolute Gasteiger partial charge is 0.425 e. The molecular formula is C22H20F3NO5. The molecule has 0 radical (unpaired) electrons. The number of halogens is 3. The molecule has 3 rings (SSSR count). The lowest BCUT2D eigenvalue weighted by molar-refractivity contribution is -0.275. The van der Waals surface area contributed by atoms with E-state index in [0.29, 0.717) is 5.69 Å². The minimum Gasteiger partial charge on any atom is -0.466 e. The van der Waals surface area contributed by atoms with Crippen LogP contribution in [0.25, 0.3) is 5.69 Å². The quantitative estimate of drug-likeness (QED) is 0.443. The van der Waals surface area contributed by atoms with Gasteiger partial charge in [0.05, 0.1) is 12.7 Å². The number of carbonyl (C=O) groups excluding carboxylic acids is 2. The van der Waals surface area contributed by atoms with E-state index in [9.17, 15) is 27.9 Å². The van der Waals surface area contributed by atoms with E-state index in [1.165, 1.54) is 0 Å². The maximum Gasteiger partial charge on any atom is 0.425 e. The van der Waals surface area contributed by atoms with Crippen molar-refractivity contribution in [1.82, 2.24) is 4.57 Å². The molecule has 164 valence electrons. The Morgan fingerprint density at radius 1 is 1.10 bits per heavy atom. The summed E-state index contributed by atoms with van der Waals surface area (Å²) in [5.74, 6) is -2.80. The number of esters is 1. The van der Waals surface area contributed by atoms with E-state index in [1.54, 1.807) is 19.9 Å². The zero-order valence-corrected chi connectivity index (χ0v) is 16.8. The van der Waals surface area contributed by atoms with Crippen LogP contribution < -0.4 is 0 Å². The molecule has 0 aliphatic rings. The molecular weight excluding hydrogens is 415 g/mol. The second-order valence-corrected chi connectivity index (χ2v) is 7.05. The fourth-order valence-corrected chi connectivity index (χ4v) is 3.34. The van der Waals surface area contributed by atoms with Gasteiger partial charge in [-0.2, -0.15) is 13.2 Å². The first-order chi connectivity index (χ1) is 14.5. The molecule has 0 aliphatic carbocycles. The zero-order valence-electron chi connectivity index (χ0n) is 16.8. The Balaban J connectivity index is 1.72. The van der Waals surface area contributed by atoms with E-state index in [0.717, 1.165) is 29.8 Å². The van der Waals surface area contributed by atoms with Crippen LogP contribution in [0, 0.1) is 13.8 Å². The number of aliphatic hydroxyl groups is 1. The average molecular weight is 435 g/mol. The summed E-state index contributed by atoms with van der Waals surface area (Å²) in [7, 11) is 0. The normalized spacial score (nSPS) is 13.6. The fourth-order valence-electron chi connectivity index (χ4n) is 3.34. The highest BCUT2D eigenvalue weighted by Crippen LogP contribution is 2.42. The maximum absolute atomic E-state index is 13.4. The standard InChI is InChI=1S/C22H20F3NO5/c1-14-11-17(15(2)26(14)16-7-4-3-5-8-16)18(27)13-31-20(28)12-21(29,22(23,24)25)19-9-6-10-30-19/h3-11,29H,12-13H2,1-2H3/t21-/m1/s1. The minimum atomic E-state index is -5.19. The summed E-state index contributed by atoms with van der Waals surface area (Å²) in [5.41, 5.74) is -1.07. The molecule has 1 aromatic carbocycles. The number of hydrogen-bond donors (Lipinski definition) is 1. The summed E-state index contributed by atoms with van der Waals surface area (Å²) in [6, 6.07) is 13.0. The molecule has 0 bridgehead atoms. The van der Waals surface area contributed by atoms with Gasteiger partial charge >= 0.3 is 12.1 Å². The third kappa shape index (κ3) is 4.41. The van der Waals surface area contributed by atoms with Crippen molar-refractivity contribution in [2.24, 2.45) is 0 Å². The van der Waals surface area contributed by atoms with E-state index in [2.05, 4.69) is 4.42 Å². The number of Topliss-reactive ketones (excluding diaryl/α,β-unsaturated/α-hetero) is 1. The number of furan rings is 1. The van der Waals surface area contributed by atoms with Gasteiger partial charge in [-0.3, -0.25) is 9.59 Å². The van der Waals surface area contributed by atoms with E-state index in [-0.39, 0.29) is 5.56 Å². The Labute approximate surface area is 175 Å². The molecule has 0 saturated heterocycles. The Morgan fingerprint density at radius 2 is 1.77 bits per heavy atom. The number of ketones is 1. The molecule has 0 unspecified atom stereocenters. The van der Waals surface area contributed by atoms with Gasteiger partial charge in [0.15, 0.2) is 6.61 Å². The number of rotatable bonds is 7. The van der Waals surface area contributed by atoms with Crippen molar-refractivity contribution < 1.29 is 37.0 Å². The largest absolute Gasteiger partial charge is 0.466 e. The lowest BCUT2D eigenvalue weighted by atomic mass is 9.96. The molecule has 2 aromatic heterocycles. The van der Waals surface area contributed by atoms with Crippen LogP contribution in [0.15, 0.2) is 59.2 Å². The molecule has 6 nitrogen and oxygen atoms in total. The Kier molecular flexibility index (Phi) is 6.08. The molecule has 1 N–H and O–H groups in total. The van der Waals surface area contributed by atoms with E-state index in [1.807, 2.05) is 34.9 Å². The predicted octanol–water partition coefficient (Wildman–Crippen LogP) is 4.25. The average Bonchev–Trinajstić information content (AvgIpc) is 3.34. The van der Waals surface area contributed by atoms with Crippen molar-refractivity contribution in [3.63, 3.8) is 0 Å². The fraction of sp³-hybridized carbons (Fsp3) is 0.273. The second-order valence-electron chi connectivity index (χ2n) is 7.05. The molecule has 2 heterocycles. The highest BCUT2D eigenvalue weighted by molar-refractivity contribution is 5.99. The van der Waals surface area contributed by atoms with Crippen LogP contribution in [-0.2, 0) is 15.1 Å². The number of para-hydroxylation sites is 1. The van der Waals surface area contributed by atoms with Crippen molar-refractivity contribution in [2.45, 2.75) is 32.0 Å². The number of aryl methyl sites for hydroxylation is 1. The predicted molar refractivity (Wildman–Crippen MR) is 104 cm³/mol. The lowest BCUT2D eigenvalue weighted by Crippen LogP contribution is -2.44. The van der Waals surface area contributed by atoms with Gasteiger partial charge in [-0.1, -0.05) is 18.2 Å². The molecule has 1 atom stereocenters. The first-order valence-corrected chi connectivity index (χ1v) is 9.31. The van der Waals surface area contributed by atoms with Gasteiger partial charge in [-0.25, -0.2) is 0 Å². The number of hydrogen-bond acceptors (Lipinski definition) is 5. The van der Waals surface area contributed by atoms with E-state index < -0.39 is 42.3 Å². The highest BCUT2D eigenvalue weighted by Gasteiger charge is 2.58. The summed E-state index contributed by atoms with van der Waals surface area (Å²) >= 11 is 0. The Hall–Kier alpha value is -3.33. The number of alkyl halides is 3. The van der Waals surface area contributed by atoms with Gasteiger partial charge in [0.1, 0.15) is 5.76 Å². The van der Waals surface area contributed by atoms with Gasteiger partial charge < -0.3 is 18.8 Å². The van der Waals surface area contributed by atoms with Gasteiger partial charge in [0.25, 0.3) is 0 Å². The van der Waals surface area contributed by atoms with Crippen LogP contribution in [0.4, 0.5) is 13.2 Å². The van der Waals surface area contributed by atoms with Crippen molar-refractivity contribution in [3.05, 3.63) is 77.5 Å². The monoisotopic (exact) mass is 435 g/mol. The molecule has 31 heavy (non-hydrogen) atoms. The number of nitrogens with zero attached hydrogens (tertiary/aromatic N) is 1. The summed E-state index contributed by atoms with van der Waals surface area (Å²) in [6.45, 7) is 2.76. The van der Waals surface area contributed by atoms with Crippen molar-refractivity contribution in [1.29, 1.82) is 0 Å². The summed E-state index contributed by atoms with van der Waals surface area (Å²) in [6.07, 6.45) is -5.68. The van der Waals surface area contributed by atoms with Crippen LogP contribution in [0.5, 0.6) is 0 Å². The van der Waals surface area contributed by atoms with Gasteiger partial charge in [-0.05, 0) is 44.2 Å². The molecule has 0 amide bonds. The van der Waals surface area contributed by atoms with E-state index >= 15 is 0 Å². The van der Waals surface area contributed by atoms with Gasteiger partial charge in [0, 0.05) is 22.6 Å². The van der Waals surface area contributed by atoms with Crippen LogP contribution in [0.2, 0.25) is 0 Å². The molecule has 0 fully saturated rings. The molecule has 3 aromatic rings. The summed E-state index contributed by atoms with van der Waals surface area (Å²) in [4.78, 5) is 24.6. The number of carbonyl (C=O) groups is 2. The number of benzene rings is 1. The first-order valence-electron chi connectivity index (χ1n) is 9.31.